The Balaban J connectivity index is 2.41. The number of amides is 1. The molecule has 0 N–H and O–H groups in total. The van der Waals surface area contributed by atoms with Crippen LogP contribution < -0.4 is 0 Å². The lowest BCUT2D eigenvalue weighted by atomic mass is 10.1. The van der Waals surface area contributed by atoms with Gasteiger partial charge in [-0.25, -0.2) is 12.8 Å². The Hall–Kier alpha value is -1.14. The lowest BCUT2D eigenvalue weighted by Crippen LogP contribution is -2.29. The first-order chi connectivity index (χ1) is 9.74. The molecule has 1 aliphatic rings. The number of hydrogen-bond acceptors (Lipinski definition) is 3. The highest BCUT2D eigenvalue weighted by Gasteiger charge is 2.29. The standard InChI is InChI=1S/C14H17ClFNO3S/c1-3-10-4-5-17(8-10)14(18)12-6-11(16)7-13(9(12)2)21(15,19)20/h6-7,10H,3-5,8H2,1-2H3. The molecule has 1 aliphatic heterocycles. The van der Waals surface area contributed by atoms with Gasteiger partial charge in [-0.2, -0.15) is 0 Å². The normalized spacial score (nSPS) is 19.0. The van der Waals surface area contributed by atoms with E-state index in [-0.39, 0.29) is 21.9 Å². The van der Waals surface area contributed by atoms with Crippen molar-refractivity contribution in [2.75, 3.05) is 13.1 Å². The Kier molecular flexibility index (Phi) is 4.58. The van der Waals surface area contributed by atoms with E-state index >= 15 is 0 Å². The van der Waals surface area contributed by atoms with Crippen molar-refractivity contribution in [1.29, 1.82) is 0 Å². The molecule has 0 radical (unpaired) electrons. The molecular weight excluding hydrogens is 317 g/mol. The Morgan fingerprint density at radius 1 is 1.48 bits per heavy atom. The van der Waals surface area contributed by atoms with E-state index in [1.54, 1.807) is 4.90 Å². The van der Waals surface area contributed by atoms with Crippen molar-refractivity contribution in [3.63, 3.8) is 0 Å². The zero-order valence-electron chi connectivity index (χ0n) is 11.9. The van der Waals surface area contributed by atoms with Crippen LogP contribution in [0.1, 0.15) is 35.7 Å². The summed E-state index contributed by atoms with van der Waals surface area (Å²) in [6.07, 6.45) is 1.89. The second kappa shape index (κ2) is 5.93. The number of rotatable bonds is 3. The molecule has 4 nitrogen and oxygen atoms in total. The van der Waals surface area contributed by atoms with E-state index in [1.807, 2.05) is 0 Å². The van der Waals surface area contributed by atoms with Gasteiger partial charge in [0.1, 0.15) is 5.82 Å². The molecule has 0 spiro atoms. The average molecular weight is 334 g/mol. The maximum Gasteiger partial charge on any atom is 0.261 e. The van der Waals surface area contributed by atoms with E-state index in [2.05, 4.69) is 6.92 Å². The number of likely N-dealkylation sites (tertiary alicyclic amines) is 1. The minimum atomic E-state index is -4.09. The molecule has 21 heavy (non-hydrogen) atoms. The summed E-state index contributed by atoms with van der Waals surface area (Å²) in [5.41, 5.74) is 0.252. The van der Waals surface area contributed by atoms with Crippen LogP contribution in [0.5, 0.6) is 0 Å². The number of nitrogens with zero attached hydrogens (tertiary/aromatic N) is 1. The van der Waals surface area contributed by atoms with Crippen LogP contribution in [0.3, 0.4) is 0 Å². The highest BCUT2D eigenvalue weighted by atomic mass is 35.7. The van der Waals surface area contributed by atoms with Crippen LogP contribution in [-0.4, -0.2) is 32.3 Å². The van der Waals surface area contributed by atoms with Gasteiger partial charge in [-0.15, -0.1) is 0 Å². The quantitative estimate of drug-likeness (QED) is 0.799. The molecule has 0 bridgehead atoms. The van der Waals surface area contributed by atoms with Crippen LogP contribution in [0.15, 0.2) is 17.0 Å². The number of halogens is 2. The van der Waals surface area contributed by atoms with Gasteiger partial charge in [0.15, 0.2) is 0 Å². The fraction of sp³-hybridized carbons (Fsp3) is 0.500. The van der Waals surface area contributed by atoms with Crippen LogP contribution in [0.25, 0.3) is 0 Å². The van der Waals surface area contributed by atoms with E-state index in [9.17, 15) is 17.6 Å². The average Bonchev–Trinajstić information content (AvgIpc) is 2.87. The van der Waals surface area contributed by atoms with Crippen molar-refractivity contribution in [2.24, 2.45) is 5.92 Å². The Bertz CT molecular complexity index is 675. The molecule has 7 heteroatoms. The van der Waals surface area contributed by atoms with Gasteiger partial charge >= 0.3 is 0 Å². The van der Waals surface area contributed by atoms with Crippen LogP contribution in [0, 0.1) is 18.7 Å². The second-order valence-corrected chi connectivity index (χ2v) is 7.86. The number of benzene rings is 1. The third kappa shape index (κ3) is 3.37. The molecule has 0 saturated carbocycles. The van der Waals surface area contributed by atoms with E-state index in [0.29, 0.717) is 19.0 Å². The summed E-state index contributed by atoms with van der Waals surface area (Å²) in [5, 5.41) is 0. The summed E-state index contributed by atoms with van der Waals surface area (Å²) in [6.45, 7) is 4.75. The Labute approximate surface area is 128 Å². The largest absolute Gasteiger partial charge is 0.338 e. The van der Waals surface area contributed by atoms with Crippen molar-refractivity contribution in [1.82, 2.24) is 4.90 Å². The number of hydrogen-bond donors (Lipinski definition) is 0. The molecule has 1 aromatic carbocycles. The van der Waals surface area contributed by atoms with Gasteiger partial charge in [0.25, 0.3) is 15.0 Å². The van der Waals surface area contributed by atoms with Gasteiger partial charge in [-0.05, 0) is 37.0 Å². The maximum atomic E-state index is 13.6. The lowest BCUT2D eigenvalue weighted by molar-refractivity contribution is 0.0785. The summed E-state index contributed by atoms with van der Waals surface area (Å²) >= 11 is 0. The third-order valence-corrected chi connectivity index (χ3v) is 5.42. The molecule has 1 saturated heterocycles. The van der Waals surface area contributed by atoms with Crippen LogP contribution in [0.2, 0.25) is 0 Å². The molecule has 116 valence electrons. The smallest absolute Gasteiger partial charge is 0.261 e. The Morgan fingerprint density at radius 3 is 2.67 bits per heavy atom. The second-order valence-electron chi connectivity index (χ2n) is 5.33. The molecule has 1 fully saturated rings. The number of carbonyl (C=O) groups is 1. The fourth-order valence-corrected chi connectivity index (χ4v) is 3.86. The lowest BCUT2D eigenvalue weighted by Gasteiger charge is -2.18. The van der Waals surface area contributed by atoms with Gasteiger partial charge in [0, 0.05) is 29.3 Å². The summed E-state index contributed by atoms with van der Waals surface area (Å²) in [5.74, 6) is -0.682. The molecule has 1 atom stereocenters. The molecule has 1 amide bonds. The first kappa shape index (κ1) is 16.2. The summed E-state index contributed by atoms with van der Waals surface area (Å²) in [4.78, 5) is 13.8. The third-order valence-electron chi connectivity index (χ3n) is 3.97. The van der Waals surface area contributed by atoms with Crippen molar-refractivity contribution >= 4 is 25.6 Å². The zero-order chi connectivity index (χ0) is 15.8. The van der Waals surface area contributed by atoms with Crippen molar-refractivity contribution in [3.05, 3.63) is 29.1 Å². The Morgan fingerprint density at radius 2 is 2.14 bits per heavy atom. The van der Waals surface area contributed by atoms with Gasteiger partial charge in [0.2, 0.25) is 0 Å². The molecule has 1 unspecified atom stereocenters. The van der Waals surface area contributed by atoms with Crippen molar-refractivity contribution in [2.45, 2.75) is 31.6 Å². The molecule has 0 aliphatic carbocycles. The van der Waals surface area contributed by atoms with E-state index in [4.69, 9.17) is 10.7 Å². The maximum absolute atomic E-state index is 13.6. The molecular formula is C14H17ClFNO3S. The van der Waals surface area contributed by atoms with Crippen LogP contribution in [-0.2, 0) is 9.05 Å². The first-order valence-electron chi connectivity index (χ1n) is 6.78. The summed E-state index contributed by atoms with van der Waals surface area (Å²) < 4.78 is 36.6. The van der Waals surface area contributed by atoms with E-state index in [1.165, 1.54) is 6.92 Å². The van der Waals surface area contributed by atoms with Crippen molar-refractivity contribution < 1.29 is 17.6 Å². The van der Waals surface area contributed by atoms with Crippen LogP contribution >= 0.6 is 10.7 Å². The first-order valence-corrected chi connectivity index (χ1v) is 9.09. The van der Waals surface area contributed by atoms with Crippen LogP contribution in [0.4, 0.5) is 4.39 Å². The highest BCUT2D eigenvalue weighted by molar-refractivity contribution is 8.13. The number of carbonyl (C=O) groups excluding carboxylic acids is 1. The monoisotopic (exact) mass is 333 g/mol. The van der Waals surface area contributed by atoms with Gasteiger partial charge in [0.05, 0.1) is 4.90 Å². The molecule has 2 rings (SSSR count). The minimum absolute atomic E-state index is 0.0611. The SMILES string of the molecule is CCC1CCN(C(=O)c2cc(F)cc(S(=O)(=O)Cl)c2C)C1. The topological polar surface area (TPSA) is 54.5 Å². The van der Waals surface area contributed by atoms with E-state index < -0.39 is 14.9 Å². The molecule has 0 aromatic heterocycles. The highest BCUT2D eigenvalue weighted by Crippen LogP contribution is 2.27. The van der Waals surface area contributed by atoms with Gasteiger partial charge in [-0.1, -0.05) is 13.3 Å². The molecule has 1 aromatic rings. The predicted octanol–water partition coefficient (Wildman–Crippen LogP) is 2.93. The van der Waals surface area contributed by atoms with Gasteiger partial charge < -0.3 is 4.90 Å². The molecule has 1 heterocycles. The summed E-state index contributed by atoms with van der Waals surface area (Å²) in [7, 11) is 1.21. The fourth-order valence-electron chi connectivity index (χ4n) is 2.65. The zero-order valence-corrected chi connectivity index (χ0v) is 13.5. The minimum Gasteiger partial charge on any atom is -0.338 e. The van der Waals surface area contributed by atoms with Crippen molar-refractivity contribution in [3.8, 4) is 0 Å². The predicted molar refractivity (Wildman–Crippen MR) is 78.5 cm³/mol. The van der Waals surface area contributed by atoms with Gasteiger partial charge in [-0.3, -0.25) is 4.79 Å². The van der Waals surface area contributed by atoms with E-state index in [0.717, 1.165) is 25.0 Å². The summed E-state index contributed by atoms with van der Waals surface area (Å²) in [6, 6.07) is 1.91.